The van der Waals surface area contributed by atoms with E-state index in [-0.39, 0.29) is 30.3 Å². The number of likely N-dealkylation sites (tertiary alicyclic amines) is 1. The number of hydrogen-bond acceptors (Lipinski definition) is 6. The number of nitrogens with one attached hydrogen (secondary N) is 2. The van der Waals surface area contributed by atoms with Crippen molar-refractivity contribution in [3.05, 3.63) is 65.2 Å². The van der Waals surface area contributed by atoms with Gasteiger partial charge in [-0.25, -0.2) is 0 Å². The minimum absolute atomic E-state index is 0.171. The first-order chi connectivity index (χ1) is 19.5. The third kappa shape index (κ3) is 7.78. The molecule has 0 spiro atoms. The Labute approximate surface area is 238 Å². The predicted octanol–water partition coefficient (Wildman–Crippen LogP) is 3.87. The second-order valence-corrected chi connectivity index (χ2v) is 10.8. The molecule has 0 unspecified atom stereocenters. The normalized spacial score (nSPS) is 25.1. The topological polar surface area (TPSA) is 100 Å². The maximum Gasteiger partial charge on any atom is 0.416 e. The van der Waals surface area contributed by atoms with Gasteiger partial charge in [-0.15, -0.1) is 0 Å². The number of carbonyl (C=O) groups excluding carboxylic acids is 2. The van der Waals surface area contributed by atoms with E-state index in [4.69, 9.17) is 9.47 Å². The van der Waals surface area contributed by atoms with E-state index in [9.17, 15) is 27.9 Å². The molecule has 1 saturated heterocycles. The third-order valence-electron chi connectivity index (χ3n) is 7.96. The van der Waals surface area contributed by atoms with Crippen molar-refractivity contribution in [3.63, 3.8) is 0 Å². The number of rotatable bonds is 10. The van der Waals surface area contributed by atoms with Crippen LogP contribution in [0.4, 0.5) is 13.2 Å². The highest BCUT2D eigenvalue weighted by Crippen LogP contribution is 2.40. The molecular formula is C30H38F3N3O5. The molecule has 11 heteroatoms. The number of halogens is 3. The van der Waals surface area contributed by atoms with Gasteiger partial charge < -0.3 is 25.2 Å². The van der Waals surface area contributed by atoms with Gasteiger partial charge in [-0.05, 0) is 68.0 Å². The number of aliphatic hydroxyl groups is 1. The lowest BCUT2D eigenvalue weighted by Gasteiger charge is -2.40. The fourth-order valence-corrected chi connectivity index (χ4v) is 5.67. The van der Waals surface area contributed by atoms with E-state index < -0.39 is 29.2 Å². The molecular weight excluding hydrogens is 539 g/mol. The van der Waals surface area contributed by atoms with Crippen LogP contribution < -0.4 is 15.4 Å². The highest BCUT2D eigenvalue weighted by molar-refractivity contribution is 5.96. The molecule has 224 valence electrons. The van der Waals surface area contributed by atoms with Gasteiger partial charge in [-0.3, -0.25) is 14.5 Å². The standard InChI is InChI=1S/C30H38F3N3O5/c1-3-15-41-26-19-36(23-11-13-29(39,14-12-23)21-7-9-24(40-2)10-8-21)18-25(26)35-27(37)17-34-28(38)20-5-4-6-22(16-20)30(31,32)33/h4-10,16,23,25-26,39H,3,11-15,17-19H2,1-2H3,(H,34,38)(H,35,37)/t23?,25-,26-,29?/m0/s1. The zero-order valence-electron chi connectivity index (χ0n) is 23.4. The van der Waals surface area contributed by atoms with Crippen LogP contribution in [0.5, 0.6) is 5.75 Å². The van der Waals surface area contributed by atoms with Gasteiger partial charge in [-0.1, -0.05) is 25.1 Å². The van der Waals surface area contributed by atoms with Gasteiger partial charge in [-0.2, -0.15) is 13.2 Å². The van der Waals surface area contributed by atoms with Crippen molar-refractivity contribution in [2.75, 3.05) is 33.4 Å². The lowest BCUT2D eigenvalue weighted by Crippen LogP contribution is -2.48. The number of ether oxygens (including phenoxy) is 2. The first kappa shape index (κ1) is 30.8. The largest absolute Gasteiger partial charge is 0.497 e. The Morgan fingerprint density at radius 3 is 2.44 bits per heavy atom. The quantitative estimate of drug-likeness (QED) is 0.397. The van der Waals surface area contributed by atoms with E-state index >= 15 is 0 Å². The maximum absolute atomic E-state index is 13.0. The molecule has 0 aromatic heterocycles. The Kier molecular flexibility index (Phi) is 9.93. The SMILES string of the molecule is CCCO[C@H]1CN(C2CCC(O)(c3ccc(OC)cc3)CC2)C[C@@H]1NC(=O)CNC(=O)c1cccc(C(F)(F)F)c1. The van der Waals surface area contributed by atoms with Gasteiger partial charge in [0.15, 0.2) is 0 Å². The number of carbonyl (C=O) groups is 2. The van der Waals surface area contributed by atoms with Crippen LogP contribution in [0.25, 0.3) is 0 Å². The summed E-state index contributed by atoms with van der Waals surface area (Å²) < 4.78 is 50.2. The molecule has 4 rings (SSSR count). The van der Waals surface area contributed by atoms with Crippen molar-refractivity contribution in [3.8, 4) is 5.75 Å². The smallest absolute Gasteiger partial charge is 0.416 e. The number of methoxy groups -OCH3 is 1. The van der Waals surface area contributed by atoms with Crippen LogP contribution in [0.2, 0.25) is 0 Å². The fourth-order valence-electron chi connectivity index (χ4n) is 5.67. The lowest BCUT2D eigenvalue weighted by atomic mass is 9.77. The van der Waals surface area contributed by atoms with Crippen molar-refractivity contribution in [1.29, 1.82) is 0 Å². The van der Waals surface area contributed by atoms with Crippen molar-refractivity contribution in [2.45, 2.75) is 69.0 Å². The summed E-state index contributed by atoms with van der Waals surface area (Å²) in [7, 11) is 1.61. The molecule has 1 aliphatic heterocycles. The van der Waals surface area contributed by atoms with Crippen LogP contribution in [-0.2, 0) is 21.3 Å². The van der Waals surface area contributed by atoms with E-state index in [0.29, 0.717) is 32.5 Å². The van der Waals surface area contributed by atoms with Gasteiger partial charge >= 0.3 is 6.18 Å². The van der Waals surface area contributed by atoms with E-state index in [2.05, 4.69) is 15.5 Å². The monoisotopic (exact) mass is 577 g/mol. The Hall–Kier alpha value is -3.15. The van der Waals surface area contributed by atoms with Gasteiger partial charge in [0.05, 0.1) is 37.0 Å². The highest BCUT2D eigenvalue weighted by atomic mass is 19.4. The molecule has 3 N–H and O–H groups in total. The second kappa shape index (κ2) is 13.2. The van der Waals surface area contributed by atoms with Crippen molar-refractivity contribution in [2.24, 2.45) is 0 Å². The summed E-state index contributed by atoms with van der Waals surface area (Å²) in [5, 5.41) is 16.7. The Bertz CT molecular complexity index is 1180. The summed E-state index contributed by atoms with van der Waals surface area (Å²) in [6.45, 7) is 3.37. The molecule has 8 nitrogen and oxygen atoms in total. The van der Waals surface area contributed by atoms with E-state index in [1.165, 1.54) is 6.07 Å². The average Bonchev–Trinajstić information content (AvgIpc) is 3.36. The fraction of sp³-hybridized carbons (Fsp3) is 0.533. The van der Waals surface area contributed by atoms with Crippen LogP contribution in [0, 0.1) is 0 Å². The molecule has 2 aromatic rings. The number of alkyl halides is 3. The summed E-state index contributed by atoms with van der Waals surface area (Å²) in [5.74, 6) is -0.464. The molecule has 1 heterocycles. The van der Waals surface area contributed by atoms with Crippen LogP contribution in [0.3, 0.4) is 0 Å². The molecule has 2 aliphatic rings. The first-order valence-electron chi connectivity index (χ1n) is 14.0. The van der Waals surface area contributed by atoms with Crippen LogP contribution in [0.1, 0.15) is 60.5 Å². The first-order valence-corrected chi connectivity index (χ1v) is 14.0. The van der Waals surface area contributed by atoms with Gasteiger partial charge in [0, 0.05) is 31.3 Å². The number of nitrogens with zero attached hydrogens (tertiary/aromatic N) is 1. The van der Waals surface area contributed by atoms with Gasteiger partial charge in [0.1, 0.15) is 5.75 Å². The Morgan fingerprint density at radius 2 is 1.80 bits per heavy atom. The molecule has 2 fully saturated rings. The van der Waals surface area contributed by atoms with E-state index in [1.807, 2.05) is 31.2 Å². The van der Waals surface area contributed by atoms with Crippen LogP contribution in [-0.4, -0.2) is 73.4 Å². The lowest BCUT2D eigenvalue weighted by molar-refractivity contribution is -0.137. The molecule has 0 bridgehead atoms. The summed E-state index contributed by atoms with van der Waals surface area (Å²) in [6.07, 6.45) is -1.18. The molecule has 2 amide bonds. The van der Waals surface area contributed by atoms with E-state index in [0.717, 1.165) is 48.8 Å². The Morgan fingerprint density at radius 1 is 1.10 bits per heavy atom. The minimum atomic E-state index is -4.57. The minimum Gasteiger partial charge on any atom is -0.497 e. The summed E-state index contributed by atoms with van der Waals surface area (Å²) in [5.41, 5.74) is -1.12. The Balaban J connectivity index is 1.31. The molecule has 0 radical (unpaired) electrons. The zero-order valence-corrected chi connectivity index (χ0v) is 23.4. The summed E-state index contributed by atoms with van der Waals surface area (Å²) in [4.78, 5) is 27.4. The zero-order chi connectivity index (χ0) is 29.6. The molecule has 41 heavy (non-hydrogen) atoms. The van der Waals surface area contributed by atoms with E-state index in [1.54, 1.807) is 7.11 Å². The van der Waals surface area contributed by atoms with Gasteiger partial charge in [0.25, 0.3) is 5.91 Å². The van der Waals surface area contributed by atoms with Crippen LogP contribution in [0.15, 0.2) is 48.5 Å². The maximum atomic E-state index is 13.0. The number of amides is 2. The van der Waals surface area contributed by atoms with Crippen LogP contribution >= 0.6 is 0 Å². The van der Waals surface area contributed by atoms with Gasteiger partial charge in [0.2, 0.25) is 5.91 Å². The van der Waals surface area contributed by atoms with Crippen molar-refractivity contribution >= 4 is 11.8 Å². The second-order valence-electron chi connectivity index (χ2n) is 10.8. The number of hydrogen-bond donors (Lipinski definition) is 3. The average molecular weight is 578 g/mol. The molecule has 1 aliphatic carbocycles. The van der Waals surface area contributed by atoms with Crippen molar-refractivity contribution in [1.82, 2.24) is 15.5 Å². The van der Waals surface area contributed by atoms with Crippen molar-refractivity contribution < 1.29 is 37.3 Å². The highest BCUT2D eigenvalue weighted by Gasteiger charge is 2.42. The molecule has 1 saturated carbocycles. The molecule has 2 aromatic carbocycles. The summed E-state index contributed by atoms with van der Waals surface area (Å²) in [6, 6.07) is 11.5. The molecule has 2 atom stereocenters. The third-order valence-corrected chi connectivity index (χ3v) is 7.96. The summed E-state index contributed by atoms with van der Waals surface area (Å²) >= 11 is 0. The number of benzene rings is 2. The predicted molar refractivity (Wildman–Crippen MR) is 146 cm³/mol.